The average Bonchev–Trinajstić information content (AvgIpc) is 2.42. The molecule has 1 aliphatic heterocycles. The van der Waals surface area contributed by atoms with Crippen molar-refractivity contribution in [3.63, 3.8) is 0 Å². The molecule has 2 rings (SSSR count). The van der Waals surface area contributed by atoms with Crippen LogP contribution in [0.4, 0.5) is 0 Å². The number of amides is 1. The van der Waals surface area contributed by atoms with Gasteiger partial charge in [-0.05, 0) is 37.6 Å². The van der Waals surface area contributed by atoms with Gasteiger partial charge < -0.3 is 14.4 Å². The minimum absolute atomic E-state index is 0.00218. The number of ether oxygens (including phenoxy) is 2. The first-order valence-corrected chi connectivity index (χ1v) is 6.75. The highest BCUT2D eigenvalue weighted by Crippen LogP contribution is 2.23. The Hall–Kier alpha value is -1.26. The zero-order valence-electron chi connectivity index (χ0n) is 11.2. The van der Waals surface area contributed by atoms with Crippen molar-refractivity contribution in [2.24, 2.45) is 0 Å². The number of aryl methyl sites for hydroxylation is 1. The summed E-state index contributed by atoms with van der Waals surface area (Å²) in [6.07, 6.45) is -0.502. The second kappa shape index (κ2) is 6.26. The number of morpholine rings is 1. The molecule has 0 saturated carbocycles. The van der Waals surface area contributed by atoms with Gasteiger partial charge in [-0.1, -0.05) is 11.6 Å². The van der Waals surface area contributed by atoms with Gasteiger partial charge in [-0.3, -0.25) is 4.79 Å². The lowest BCUT2D eigenvalue weighted by Gasteiger charge is -2.29. The maximum atomic E-state index is 12.2. The number of rotatable bonds is 3. The lowest BCUT2D eigenvalue weighted by Crippen LogP contribution is -2.46. The third-order valence-electron chi connectivity index (χ3n) is 3.11. The Morgan fingerprint density at radius 3 is 2.74 bits per heavy atom. The van der Waals surface area contributed by atoms with Crippen molar-refractivity contribution in [2.75, 3.05) is 26.3 Å². The molecule has 104 valence electrons. The van der Waals surface area contributed by atoms with Crippen LogP contribution in [0.15, 0.2) is 18.2 Å². The van der Waals surface area contributed by atoms with Gasteiger partial charge in [-0.15, -0.1) is 0 Å². The van der Waals surface area contributed by atoms with Crippen molar-refractivity contribution in [3.8, 4) is 5.75 Å². The molecule has 0 bridgehead atoms. The predicted molar refractivity (Wildman–Crippen MR) is 73.7 cm³/mol. The molecule has 1 amide bonds. The van der Waals surface area contributed by atoms with E-state index in [2.05, 4.69) is 0 Å². The first-order chi connectivity index (χ1) is 9.08. The van der Waals surface area contributed by atoms with Gasteiger partial charge in [0.1, 0.15) is 5.75 Å². The zero-order chi connectivity index (χ0) is 13.8. The topological polar surface area (TPSA) is 38.8 Å². The molecule has 1 fully saturated rings. The summed E-state index contributed by atoms with van der Waals surface area (Å²) >= 11 is 5.89. The molecule has 1 aromatic rings. The van der Waals surface area contributed by atoms with E-state index in [-0.39, 0.29) is 5.91 Å². The quantitative estimate of drug-likeness (QED) is 0.854. The summed E-state index contributed by atoms with van der Waals surface area (Å²) in [5.41, 5.74) is 0.925. The van der Waals surface area contributed by atoms with Gasteiger partial charge in [0.25, 0.3) is 5.91 Å². The number of carbonyl (C=O) groups is 1. The molecule has 0 radical (unpaired) electrons. The smallest absolute Gasteiger partial charge is 0.263 e. The van der Waals surface area contributed by atoms with E-state index in [1.54, 1.807) is 24.0 Å². The Balaban J connectivity index is 1.99. The minimum atomic E-state index is -0.502. The number of hydrogen-bond acceptors (Lipinski definition) is 3. The van der Waals surface area contributed by atoms with Gasteiger partial charge in [-0.2, -0.15) is 0 Å². The first-order valence-electron chi connectivity index (χ1n) is 6.37. The van der Waals surface area contributed by atoms with Crippen LogP contribution in [0.3, 0.4) is 0 Å². The fourth-order valence-electron chi connectivity index (χ4n) is 2.03. The minimum Gasteiger partial charge on any atom is -0.481 e. The Bertz CT molecular complexity index is 458. The normalized spacial score (nSPS) is 17.1. The molecular weight excluding hydrogens is 266 g/mol. The Morgan fingerprint density at radius 1 is 1.42 bits per heavy atom. The summed E-state index contributed by atoms with van der Waals surface area (Å²) in [5, 5.41) is 0.664. The molecule has 1 aromatic carbocycles. The highest BCUT2D eigenvalue weighted by Gasteiger charge is 2.24. The standard InChI is InChI=1S/C14H18ClNO3/c1-10-9-12(15)3-4-13(10)19-11(2)14(17)16-5-7-18-8-6-16/h3-4,9,11H,5-8H2,1-2H3/t11-/m1/s1. The number of hydrogen-bond donors (Lipinski definition) is 0. The highest BCUT2D eigenvalue weighted by atomic mass is 35.5. The van der Waals surface area contributed by atoms with Crippen LogP contribution in [-0.4, -0.2) is 43.2 Å². The van der Waals surface area contributed by atoms with Crippen LogP contribution < -0.4 is 4.74 Å². The Morgan fingerprint density at radius 2 is 2.11 bits per heavy atom. The van der Waals surface area contributed by atoms with Crippen LogP contribution in [0.2, 0.25) is 5.02 Å². The van der Waals surface area contributed by atoms with Crippen LogP contribution in [0, 0.1) is 6.92 Å². The molecule has 1 aliphatic rings. The zero-order valence-corrected chi connectivity index (χ0v) is 11.9. The summed E-state index contributed by atoms with van der Waals surface area (Å²) in [4.78, 5) is 14.0. The summed E-state index contributed by atoms with van der Waals surface area (Å²) in [7, 11) is 0. The van der Waals surface area contributed by atoms with E-state index in [4.69, 9.17) is 21.1 Å². The van der Waals surface area contributed by atoms with E-state index in [0.717, 1.165) is 5.56 Å². The molecule has 1 atom stereocenters. The summed E-state index contributed by atoms with van der Waals surface area (Å²) < 4.78 is 11.0. The molecule has 0 aromatic heterocycles. The lowest BCUT2D eigenvalue weighted by atomic mass is 10.2. The average molecular weight is 284 g/mol. The van der Waals surface area contributed by atoms with Crippen molar-refractivity contribution in [1.29, 1.82) is 0 Å². The molecule has 0 spiro atoms. The van der Waals surface area contributed by atoms with Crippen LogP contribution in [0.25, 0.3) is 0 Å². The van der Waals surface area contributed by atoms with Crippen molar-refractivity contribution in [1.82, 2.24) is 4.90 Å². The molecule has 0 aliphatic carbocycles. The second-order valence-electron chi connectivity index (χ2n) is 4.61. The number of benzene rings is 1. The SMILES string of the molecule is Cc1cc(Cl)ccc1O[C@H](C)C(=O)N1CCOCC1. The van der Waals surface area contributed by atoms with Crippen molar-refractivity contribution < 1.29 is 14.3 Å². The van der Waals surface area contributed by atoms with Crippen molar-refractivity contribution >= 4 is 17.5 Å². The third kappa shape index (κ3) is 3.61. The van der Waals surface area contributed by atoms with Gasteiger partial charge in [0, 0.05) is 18.1 Å². The van der Waals surface area contributed by atoms with E-state index in [1.165, 1.54) is 0 Å². The van der Waals surface area contributed by atoms with E-state index in [9.17, 15) is 4.79 Å². The van der Waals surface area contributed by atoms with Crippen LogP contribution >= 0.6 is 11.6 Å². The molecule has 1 saturated heterocycles. The van der Waals surface area contributed by atoms with E-state index < -0.39 is 6.10 Å². The Kier molecular flexibility index (Phi) is 4.66. The van der Waals surface area contributed by atoms with E-state index in [1.807, 2.05) is 13.0 Å². The van der Waals surface area contributed by atoms with Gasteiger partial charge in [0.15, 0.2) is 6.10 Å². The van der Waals surface area contributed by atoms with Gasteiger partial charge in [0.05, 0.1) is 13.2 Å². The van der Waals surface area contributed by atoms with Crippen molar-refractivity contribution in [2.45, 2.75) is 20.0 Å². The van der Waals surface area contributed by atoms with E-state index in [0.29, 0.717) is 37.1 Å². The van der Waals surface area contributed by atoms with Crippen molar-refractivity contribution in [3.05, 3.63) is 28.8 Å². The van der Waals surface area contributed by atoms with Crippen LogP contribution in [-0.2, 0) is 9.53 Å². The third-order valence-corrected chi connectivity index (χ3v) is 3.35. The lowest BCUT2D eigenvalue weighted by molar-refractivity contribution is -0.142. The maximum absolute atomic E-state index is 12.2. The second-order valence-corrected chi connectivity index (χ2v) is 5.04. The molecule has 4 nitrogen and oxygen atoms in total. The Labute approximate surface area is 118 Å². The molecular formula is C14H18ClNO3. The molecule has 1 heterocycles. The van der Waals surface area contributed by atoms with Gasteiger partial charge in [-0.25, -0.2) is 0 Å². The largest absolute Gasteiger partial charge is 0.481 e. The number of nitrogens with zero attached hydrogens (tertiary/aromatic N) is 1. The summed E-state index contributed by atoms with van der Waals surface area (Å²) in [5.74, 6) is 0.691. The van der Waals surface area contributed by atoms with Gasteiger partial charge in [0.2, 0.25) is 0 Å². The molecule has 0 N–H and O–H groups in total. The highest BCUT2D eigenvalue weighted by molar-refractivity contribution is 6.30. The van der Waals surface area contributed by atoms with Crippen LogP contribution in [0.1, 0.15) is 12.5 Å². The number of halogens is 1. The molecule has 0 unspecified atom stereocenters. The van der Waals surface area contributed by atoms with Gasteiger partial charge >= 0.3 is 0 Å². The first kappa shape index (κ1) is 14.2. The summed E-state index contributed by atoms with van der Waals surface area (Å²) in [6.45, 7) is 6.13. The van der Waals surface area contributed by atoms with E-state index >= 15 is 0 Å². The predicted octanol–water partition coefficient (Wildman–Crippen LogP) is 2.27. The maximum Gasteiger partial charge on any atom is 0.263 e. The monoisotopic (exact) mass is 283 g/mol. The molecule has 19 heavy (non-hydrogen) atoms. The fourth-order valence-corrected chi connectivity index (χ4v) is 2.25. The number of carbonyl (C=O) groups excluding carboxylic acids is 1. The summed E-state index contributed by atoms with van der Waals surface area (Å²) in [6, 6.07) is 5.37. The van der Waals surface area contributed by atoms with Crippen LogP contribution in [0.5, 0.6) is 5.75 Å². The fraction of sp³-hybridized carbons (Fsp3) is 0.500. The molecule has 5 heteroatoms.